The van der Waals surface area contributed by atoms with E-state index in [1.165, 1.54) is 6.42 Å². The average Bonchev–Trinajstić information content (AvgIpc) is 2.39. The zero-order valence-electron chi connectivity index (χ0n) is 11.4. The third kappa shape index (κ3) is 4.22. The molecule has 104 valence electrons. The van der Waals surface area contributed by atoms with Gasteiger partial charge in [-0.15, -0.1) is 0 Å². The Hall–Kier alpha value is -1.06. The van der Waals surface area contributed by atoms with Gasteiger partial charge >= 0.3 is 0 Å². The molecule has 19 heavy (non-hydrogen) atoms. The third-order valence-electron chi connectivity index (χ3n) is 3.68. The Morgan fingerprint density at radius 1 is 1.47 bits per heavy atom. The number of nitrogens with one attached hydrogen (secondary N) is 1. The Kier molecular flexibility index (Phi) is 5.23. The lowest BCUT2D eigenvalue weighted by atomic mass is 10.0. The summed E-state index contributed by atoms with van der Waals surface area (Å²) in [7, 11) is 2.03. The van der Waals surface area contributed by atoms with Crippen LogP contribution in [0.5, 0.6) is 0 Å². The monoisotopic (exact) mass is 280 g/mol. The van der Waals surface area contributed by atoms with Gasteiger partial charge in [-0.25, -0.2) is 0 Å². The standard InChI is InChI=1S/C15H21ClN2O/c1-18-10-3-2-7-14(18)15(19)17-9-8-12-5-4-6-13(16)11-12/h4-6,11,14H,2-3,7-10H2,1H3,(H,17,19)/t14-/m1/s1. The predicted octanol–water partition coefficient (Wildman–Crippen LogP) is 2.48. The van der Waals surface area contributed by atoms with Crippen LogP contribution in [0.4, 0.5) is 0 Å². The van der Waals surface area contributed by atoms with Crippen molar-refractivity contribution < 1.29 is 4.79 Å². The fourth-order valence-electron chi connectivity index (χ4n) is 2.55. The molecule has 1 N–H and O–H groups in total. The number of carbonyl (C=O) groups is 1. The molecular formula is C15H21ClN2O. The van der Waals surface area contributed by atoms with Crippen LogP contribution in [0.25, 0.3) is 0 Å². The van der Waals surface area contributed by atoms with Crippen molar-refractivity contribution in [3.8, 4) is 0 Å². The van der Waals surface area contributed by atoms with E-state index in [0.717, 1.165) is 36.4 Å². The summed E-state index contributed by atoms with van der Waals surface area (Å²) in [6, 6.07) is 7.83. The summed E-state index contributed by atoms with van der Waals surface area (Å²) in [6.45, 7) is 1.69. The maximum Gasteiger partial charge on any atom is 0.237 e. The molecular weight excluding hydrogens is 260 g/mol. The Labute approximate surface area is 119 Å². The van der Waals surface area contributed by atoms with Crippen LogP contribution in [0.1, 0.15) is 24.8 Å². The first kappa shape index (κ1) is 14.4. The van der Waals surface area contributed by atoms with Crippen LogP contribution in [-0.2, 0) is 11.2 Å². The Morgan fingerprint density at radius 3 is 3.05 bits per heavy atom. The lowest BCUT2D eigenvalue weighted by molar-refractivity contribution is -0.126. The maximum absolute atomic E-state index is 12.1. The molecule has 1 atom stereocenters. The van der Waals surface area contributed by atoms with Gasteiger partial charge in [-0.3, -0.25) is 9.69 Å². The summed E-state index contributed by atoms with van der Waals surface area (Å²) in [5.74, 6) is 0.157. The van der Waals surface area contributed by atoms with Crippen molar-refractivity contribution in [2.45, 2.75) is 31.7 Å². The highest BCUT2D eigenvalue weighted by molar-refractivity contribution is 6.30. The van der Waals surface area contributed by atoms with E-state index in [0.29, 0.717) is 6.54 Å². The highest BCUT2D eigenvalue weighted by atomic mass is 35.5. The fraction of sp³-hybridized carbons (Fsp3) is 0.533. The van der Waals surface area contributed by atoms with Crippen LogP contribution in [0.15, 0.2) is 24.3 Å². The van der Waals surface area contributed by atoms with E-state index < -0.39 is 0 Å². The Bertz CT molecular complexity index is 436. The van der Waals surface area contributed by atoms with Gasteiger partial charge in [0, 0.05) is 11.6 Å². The van der Waals surface area contributed by atoms with Crippen LogP contribution in [-0.4, -0.2) is 37.0 Å². The number of amides is 1. The molecule has 1 aliphatic heterocycles. The van der Waals surface area contributed by atoms with Gasteiger partial charge < -0.3 is 5.32 Å². The van der Waals surface area contributed by atoms with Crippen molar-refractivity contribution in [3.05, 3.63) is 34.9 Å². The lowest BCUT2D eigenvalue weighted by Gasteiger charge is -2.31. The summed E-state index contributed by atoms with van der Waals surface area (Å²) in [5, 5.41) is 3.77. The van der Waals surface area contributed by atoms with Crippen LogP contribution < -0.4 is 5.32 Å². The van der Waals surface area contributed by atoms with E-state index in [9.17, 15) is 4.79 Å². The summed E-state index contributed by atoms with van der Waals surface area (Å²) in [4.78, 5) is 14.2. The molecule has 0 unspecified atom stereocenters. The van der Waals surface area contributed by atoms with E-state index in [1.807, 2.05) is 31.3 Å². The second-order valence-electron chi connectivity index (χ2n) is 5.16. The van der Waals surface area contributed by atoms with E-state index in [-0.39, 0.29) is 11.9 Å². The first-order valence-corrected chi connectivity index (χ1v) is 7.27. The fourth-order valence-corrected chi connectivity index (χ4v) is 2.76. The minimum absolute atomic E-state index is 0.0492. The first-order chi connectivity index (χ1) is 9.16. The molecule has 0 spiro atoms. The van der Waals surface area contributed by atoms with E-state index >= 15 is 0 Å². The number of halogens is 1. The van der Waals surface area contributed by atoms with Crippen molar-refractivity contribution >= 4 is 17.5 Å². The van der Waals surface area contributed by atoms with Gasteiger partial charge in [-0.05, 0) is 50.6 Å². The molecule has 1 aromatic rings. The number of hydrogen-bond donors (Lipinski definition) is 1. The SMILES string of the molecule is CN1CCCC[C@@H]1C(=O)NCCc1cccc(Cl)c1. The highest BCUT2D eigenvalue weighted by Gasteiger charge is 2.25. The third-order valence-corrected chi connectivity index (χ3v) is 3.91. The molecule has 1 heterocycles. The summed E-state index contributed by atoms with van der Waals surface area (Å²) in [6.07, 6.45) is 4.14. The molecule has 1 saturated heterocycles. The number of rotatable bonds is 4. The van der Waals surface area contributed by atoms with Crippen LogP contribution >= 0.6 is 11.6 Å². The number of likely N-dealkylation sites (N-methyl/N-ethyl adjacent to an activating group) is 1. The van der Waals surface area contributed by atoms with Crippen LogP contribution in [0, 0.1) is 0 Å². The van der Waals surface area contributed by atoms with Gasteiger partial charge in [-0.1, -0.05) is 30.2 Å². The van der Waals surface area contributed by atoms with Gasteiger partial charge in [0.25, 0.3) is 0 Å². The van der Waals surface area contributed by atoms with Crippen molar-refractivity contribution in [1.29, 1.82) is 0 Å². The molecule has 0 aliphatic carbocycles. The lowest BCUT2D eigenvalue weighted by Crippen LogP contribution is -2.47. The second kappa shape index (κ2) is 6.92. The van der Waals surface area contributed by atoms with Gasteiger partial charge in [0.15, 0.2) is 0 Å². The topological polar surface area (TPSA) is 32.3 Å². The average molecular weight is 281 g/mol. The van der Waals surface area contributed by atoms with Crippen LogP contribution in [0.2, 0.25) is 5.02 Å². The summed E-state index contributed by atoms with van der Waals surface area (Å²) >= 11 is 5.93. The van der Waals surface area contributed by atoms with Gasteiger partial charge in [0.05, 0.1) is 6.04 Å². The van der Waals surface area contributed by atoms with E-state index in [2.05, 4.69) is 10.2 Å². The number of likely N-dealkylation sites (tertiary alicyclic amines) is 1. The minimum atomic E-state index is 0.0492. The molecule has 2 rings (SSSR count). The minimum Gasteiger partial charge on any atom is -0.354 e. The second-order valence-corrected chi connectivity index (χ2v) is 5.60. The molecule has 1 amide bonds. The zero-order chi connectivity index (χ0) is 13.7. The molecule has 0 aromatic heterocycles. The Morgan fingerprint density at radius 2 is 2.32 bits per heavy atom. The molecule has 1 aliphatic rings. The summed E-state index contributed by atoms with van der Waals surface area (Å²) in [5.41, 5.74) is 1.16. The van der Waals surface area contributed by atoms with Crippen molar-refractivity contribution in [2.75, 3.05) is 20.1 Å². The largest absolute Gasteiger partial charge is 0.354 e. The van der Waals surface area contributed by atoms with Crippen LogP contribution in [0.3, 0.4) is 0 Å². The van der Waals surface area contributed by atoms with Gasteiger partial charge in [0.2, 0.25) is 5.91 Å². The highest BCUT2D eigenvalue weighted by Crippen LogP contribution is 2.15. The number of carbonyl (C=O) groups excluding carboxylic acids is 1. The molecule has 0 radical (unpaired) electrons. The van der Waals surface area contributed by atoms with Gasteiger partial charge in [0.1, 0.15) is 0 Å². The van der Waals surface area contributed by atoms with Gasteiger partial charge in [-0.2, -0.15) is 0 Å². The van der Waals surface area contributed by atoms with E-state index in [1.54, 1.807) is 0 Å². The molecule has 3 nitrogen and oxygen atoms in total. The predicted molar refractivity (Wildman–Crippen MR) is 78.4 cm³/mol. The molecule has 1 aromatic carbocycles. The number of piperidine rings is 1. The first-order valence-electron chi connectivity index (χ1n) is 6.89. The number of nitrogens with zero attached hydrogens (tertiary/aromatic N) is 1. The molecule has 4 heteroatoms. The zero-order valence-corrected chi connectivity index (χ0v) is 12.1. The van der Waals surface area contributed by atoms with Crippen molar-refractivity contribution in [2.24, 2.45) is 0 Å². The Balaban J connectivity index is 1.77. The molecule has 0 saturated carbocycles. The normalized spacial score (nSPS) is 20.2. The smallest absolute Gasteiger partial charge is 0.237 e. The van der Waals surface area contributed by atoms with Crippen molar-refractivity contribution in [1.82, 2.24) is 10.2 Å². The number of benzene rings is 1. The van der Waals surface area contributed by atoms with E-state index in [4.69, 9.17) is 11.6 Å². The molecule has 1 fully saturated rings. The molecule has 0 bridgehead atoms. The quantitative estimate of drug-likeness (QED) is 0.919. The number of hydrogen-bond acceptors (Lipinski definition) is 2. The summed E-state index contributed by atoms with van der Waals surface area (Å²) < 4.78 is 0. The maximum atomic E-state index is 12.1. The van der Waals surface area contributed by atoms with Crippen molar-refractivity contribution in [3.63, 3.8) is 0 Å².